The van der Waals surface area contributed by atoms with Crippen LogP contribution in [0, 0.1) is 11.8 Å². The van der Waals surface area contributed by atoms with Crippen LogP contribution >= 0.6 is 11.6 Å². The molecule has 3 atom stereocenters. The molecule has 1 amide bonds. The summed E-state index contributed by atoms with van der Waals surface area (Å²) in [7, 11) is 0. The lowest BCUT2D eigenvalue weighted by molar-refractivity contribution is -0.120. The monoisotopic (exact) mass is 203 g/mol. The van der Waals surface area contributed by atoms with Gasteiger partial charge in [0.25, 0.3) is 0 Å². The predicted octanol–water partition coefficient (Wildman–Crippen LogP) is 2.17. The van der Waals surface area contributed by atoms with Gasteiger partial charge in [-0.25, -0.2) is 0 Å². The maximum Gasteiger partial charge on any atom is 0.235 e. The molecule has 1 fully saturated rings. The minimum Gasteiger partial charge on any atom is -0.352 e. The Bertz CT molecular complexity index is 184. The first kappa shape index (κ1) is 10.8. The molecule has 3 heteroatoms. The van der Waals surface area contributed by atoms with Gasteiger partial charge in [-0.2, -0.15) is 0 Å². The Labute approximate surface area is 85.0 Å². The van der Waals surface area contributed by atoms with Gasteiger partial charge in [-0.05, 0) is 31.1 Å². The van der Waals surface area contributed by atoms with Gasteiger partial charge in [0.15, 0.2) is 0 Å². The largest absolute Gasteiger partial charge is 0.352 e. The van der Waals surface area contributed by atoms with Gasteiger partial charge >= 0.3 is 0 Å². The number of carbonyl (C=O) groups is 1. The molecule has 0 aliphatic heterocycles. The fourth-order valence-corrected chi connectivity index (χ4v) is 2.20. The summed E-state index contributed by atoms with van der Waals surface area (Å²) in [5.74, 6) is 1.45. The third-order valence-electron chi connectivity index (χ3n) is 2.90. The average molecular weight is 204 g/mol. The van der Waals surface area contributed by atoms with Crippen molar-refractivity contribution in [3.63, 3.8) is 0 Å². The van der Waals surface area contributed by atoms with Gasteiger partial charge in [0.1, 0.15) is 5.88 Å². The quantitative estimate of drug-likeness (QED) is 0.685. The van der Waals surface area contributed by atoms with Crippen molar-refractivity contribution in [2.75, 3.05) is 5.88 Å². The van der Waals surface area contributed by atoms with E-state index in [9.17, 15) is 4.79 Å². The highest BCUT2D eigenvalue weighted by atomic mass is 35.5. The van der Waals surface area contributed by atoms with E-state index in [1.54, 1.807) is 0 Å². The minimum atomic E-state index is -0.0342. The lowest BCUT2D eigenvalue weighted by Gasteiger charge is -2.32. The van der Waals surface area contributed by atoms with Crippen molar-refractivity contribution >= 4 is 17.5 Å². The van der Waals surface area contributed by atoms with E-state index in [4.69, 9.17) is 11.6 Å². The fourth-order valence-electron chi connectivity index (χ4n) is 2.13. The number of alkyl halides is 1. The Balaban J connectivity index is 2.38. The van der Waals surface area contributed by atoms with Crippen LogP contribution in [0.1, 0.15) is 33.1 Å². The van der Waals surface area contributed by atoms with E-state index >= 15 is 0 Å². The van der Waals surface area contributed by atoms with Crippen LogP contribution in [0.3, 0.4) is 0 Å². The summed E-state index contributed by atoms with van der Waals surface area (Å²) in [5, 5.41) is 2.97. The topological polar surface area (TPSA) is 29.1 Å². The van der Waals surface area contributed by atoms with Gasteiger partial charge in [0.2, 0.25) is 5.91 Å². The average Bonchev–Trinajstić information content (AvgIpc) is 2.09. The second-order valence-corrected chi connectivity index (χ2v) is 4.47. The maximum absolute atomic E-state index is 11.1. The normalized spacial score (nSPS) is 34.2. The third-order valence-corrected chi connectivity index (χ3v) is 3.14. The molecule has 0 aromatic heterocycles. The van der Waals surface area contributed by atoms with E-state index in [0.29, 0.717) is 12.0 Å². The number of carbonyl (C=O) groups excluding carboxylic acids is 1. The highest BCUT2D eigenvalue weighted by Crippen LogP contribution is 2.28. The lowest BCUT2D eigenvalue weighted by Crippen LogP contribution is -2.42. The van der Waals surface area contributed by atoms with Crippen LogP contribution in [0.2, 0.25) is 0 Å². The molecule has 2 nitrogen and oxygen atoms in total. The zero-order valence-corrected chi connectivity index (χ0v) is 9.10. The van der Waals surface area contributed by atoms with E-state index in [0.717, 1.165) is 12.3 Å². The Morgan fingerprint density at radius 3 is 2.69 bits per heavy atom. The smallest absolute Gasteiger partial charge is 0.235 e. The Morgan fingerprint density at radius 2 is 2.15 bits per heavy atom. The SMILES string of the molecule is CC1CCC(NC(=O)CCl)C(C)C1. The fraction of sp³-hybridized carbons (Fsp3) is 0.900. The van der Waals surface area contributed by atoms with Crippen LogP contribution in [0.15, 0.2) is 0 Å². The van der Waals surface area contributed by atoms with Crippen molar-refractivity contribution in [2.45, 2.75) is 39.2 Å². The van der Waals surface area contributed by atoms with Crippen LogP contribution in [-0.2, 0) is 4.79 Å². The standard InChI is InChI=1S/C10H18ClNO/c1-7-3-4-9(8(2)5-7)12-10(13)6-11/h7-9H,3-6H2,1-2H3,(H,12,13). The van der Waals surface area contributed by atoms with Crippen molar-refractivity contribution in [3.8, 4) is 0 Å². The summed E-state index contributed by atoms with van der Waals surface area (Å²) in [6, 6.07) is 0.349. The number of rotatable bonds is 2. The summed E-state index contributed by atoms with van der Waals surface area (Å²) in [4.78, 5) is 11.1. The van der Waals surface area contributed by atoms with Gasteiger partial charge in [-0.3, -0.25) is 4.79 Å². The summed E-state index contributed by atoms with van der Waals surface area (Å²) >= 11 is 5.44. The molecule has 0 aromatic rings. The lowest BCUT2D eigenvalue weighted by atomic mass is 9.80. The number of hydrogen-bond donors (Lipinski definition) is 1. The van der Waals surface area contributed by atoms with Gasteiger partial charge in [-0.15, -0.1) is 11.6 Å². The third kappa shape index (κ3) is 3.18. The van der Waals surface area contributed by atoms with Gasteiger partial charge in [0.05, 0.1) is 0 Å². The van der Waals surface area contributed by atoms with E-state index < -0.39 is 0 Å². The predicted molar refractivity (Wildman–Crippen MR) is 54.8 cm³/mol. The Kier molecular flexibility index (Phi) is 4.04. The Morgan fingerprint density at radius 1 is 1.46 bits per heavy atom. The van der Waals surface area contributed by atoms with Crippen molar-refractivity contribution < 1.29 is 4.79 Å². The summed E-state index contributed by atoms with van der Waals surface area (Å²) in [5.41, 5.74) is 0. The molecule has 0 radical (unpaired) electrons. The van der Waals surface area contributed by atoms with Gasteiger partial charge < -0.3 is 5.32 Å². The molecular formula is C10H18ClNO. The molecule has 0 spiro atoms. The molecule has 1 N–H and O–H groups in total. The van der Waals surface area contributed by atoms with Crippen LogP contribution in [-0.4, -0.2) is 17.8 Å². The van der Waals surface area contributed by atoms with E-state index in [2.05, 4.69) is 19.2 Å². The van der Waals surface area contributed by atoms with Gasteiger partial charge in [0, 0.05) is 6.04 Å². The molecule has 1 saturated carbocycles. The molecule has 0 bridgehead atoms. The molecular weight excluding hydrogens is 186 g/mol. The summed E-state index contributed by atoms with van der Waals surface area (Å²) in [6.07, 6.45) is 3.54. The molecule has 0 saturated heterocycles. The molecule has 1 aliphatic carbocycles. The molecule has 76 valence electrons. The van der Waals surface area contributed by atoms with Crippen LogP contribution in [0.25, 0.3) is 0 Å². The highest BCUT2D eigenvalue weighted by molar-refractivity contribution is 6.27. The molecule has 1 aliphatic rings. The number of amides is 1. The van der Waals surface area contributed by atoms with E-state index in [1.165, 1.54) is 12.8 Å². The second kappa shape index (κ2) is 4.85. The summed E-state index contributed by atoms with van der Waals surface area (Å²) in [6.45, 7) is 4.48. The zero-order valence-electron chi connectivity index (χ0n) is 8.35. The second-order valence-electron chi connectivity index (χ2n) is 4.20. The number of nitrogens with one attached hydrogen (secondary N) is 1. The number of halogens is 1. The van der Waals surface area contributed by atoms with Crippen LogP contribution < -0.4 is 5.32 Å². The maximum atomic E-state index is 11.1. The molecule has 1 rings (SSSR count). The zero-order chi connectivity index (χ0) is 9.84. The molecule has 0 aromatic carbocycles. The van der Waals surface area contributed by atoms with Crippen LogP contribution in [0.4, 0.5) is 0 Å². The van der Waals surface area contributed by atoms with Crippen molar-refractivity contribution in [1.29, 1.82) is 0 Å². The highest BCUT2D eigenvalue weighted by Gasteiger charge is 2.25. The van der Waals surface area contributed by atoms with Gasteiger partial charge in [-0.1, -0.05) is 13.8 Å². The van der Waals surface area contributed by atoms with Crippen LogP contribution in [0.5, 0.6) is 0 Å². The first-order valence-electron chi connectivity index (χ1n) is 4.98. The molecule has 0 heterocycles. The van der Waals surface area contributed by atoms with Crippen molar-refractivity contribution in [1.82, 2.24) is 5.32 Å². The van der Waals surface area contributed by atoms with Crippen molar-refractivity contribution in [3.05, 3.63) is 0 Å². The first-order valence-corrected chi connectivity index (χ1v) is 5.52. The number of hydrogen-bond acceptors (Lipinski definition) is 1. The molecule has 3 unspecified atom stereocenters. The summed E-state index contributed by atoms with van der Waals surface area (Å²) < 4.78 is 0. The van der Waals surface area contributed by atoms with E-state index in [-0.39, 0.29) is 11.8 Å². The first-order chi connectivity index (χ1) is 6.13. The molecule has 13 heavy (non-hydrogen) atoms. The Hall–Kier alpha value is -0.240. The van der Waals surface area contributed by atoms with Crippen molar-refractivity contribution in [2.24, 2.45) is 11.8 Å². The van der Waals surface area contributed by atoms with E-state index in [1.807, 2.05) is 0 Å². The minimum absolute atomic E-state index is 0.0342.